The highest BCUT2D eigenvalue weighted by Gasteiger charge is 2.28. The number of hydrogen-bond acceptors (Lipinski definition) is 4. The third-order valence-corrected chi connectivity index (χ3v) is 5.78. The van der Waals surface area contributed by atoms with Crippen LogP contribution in [0.1, 0.15) is 50.6 Å². The Bertz CT molecular complexity index is 1190. The van der Waals surface area contributed by atoms with Gasteiger partial charge in [-0.05, 0) is 50.1 Å². The van der Waals surface area contributed by atoms with E-state index in [2.05, 4.69) is 15.8 Å². The van der Waals surface area contributed by atoms with Gasteiger partial charge in [-0.2, -0.15) is 5.10 Å². The summed E-state index contributed by atoms with van der Waals surface area (Å²) in [6.07, 6.45) is 2.19. The molecule has 8 heteroatoms. The van der Waals surface area contributed by atoms with E-state index in [1.54, 1.807) is 42.5 Å². The fraction of sp³-hybridized carbons (Fsp3) is 0.174. The number of halogens is 2. The SMILES string of the molecule is Cc1c(C(=O)Nc2ccc(Cl)c(Cl)c2)oc2c1/C(=N/NC(=O)c1ccccc1)CCC2. The average molecular weight is 456 g/mol. The molecule has 2 N–H and O–H groups in total. The van der Waals surface area contributed by atoms with Crippen LogP contribution in [-0.2, 0) is 6.42 Å². The Balaban J connectivity index is 1.57. The highest BCUT2D eigenvalue weighted by molar-refractivity contribution is 6.42. The summed E-state index contributed by atoms with van der Waals surface area (Å²) in [6.45, 7) is 1.81. The van der Waals surface area contributed by atoms with E-state index >= 15 is 0 Å². The number of hydrazone groups is 1. The minimum Gasteiger partial charge on any atom is -0.455 e. The van der Waals surface area contributed by atoms with Gasteiger partial charge in [-0.25, -0.2) is 5.43 Å². The van der Waals surface area contributed by atoms with Gasteiger partial charge in [-0.15, -0.1) is 0 Å². The fourth-order valence-corrected chi connectivity index (χ4v) is 3.83. The molecule has 0 spiro atoms. The monoisotopic (exact) mass is 455 g/mol. The van der Waals surface area contributed by atoms with Crippen LogP contribution in [0, 0.1) is 6.92 Å². The largest absolute Gasteiger partial charge is 0.455 e. The number of carbonyl (C=O) groups excluding carboxylic acids is 2. The molecular formula is C23H19Cl2N3O3. The molecule has 0 fully saturated rings. The van der Waals surface area contributed by atoms with Crippen molar-refractivity contribution in [3.63, 3.8) is 0 Å². The van der Waals surface area contributed by atoms with Crippen LogP contribution in [0.15, 0.2) is 58.0 Å². The van der Waals surface area contributed by atoms with Gasteiger partial charge in [0, 0.05) is 28.8 Å². The molecule has 1 heterocycles. The first-order valence-electron chi connectivity index (χ1n) is 9.75. The van der Waals surface area contributed by atoms with Crippen LogP contribution in [0.5, 0.6) is 0 Å². The Morgan fingerprint density at radius 1 is 1.00 bits per heavy atom. The molecule has 158 valence electrons. The topological polar surface area (TPSA) is 83.7 Å². The number of nitrogens with zero attached hydrogens (tertiary/aromatic N) is 1. The first-order valence-corrected chi connectivity index (χ1v) is 10.5. The van der Waals surface area contributed by atoms with Crippen LogP contribution in [0.3, 0.4) is 0 Å². The van der Waals surface area contributed by atoms with Crippen molar-refractivity contribution < 1.29 is 14.0 Å². The van der Waals surface area contributed by atoms with Crippen LogP contribution in [0.4, 0.5) is 5.69 Å². The summed E-state index contributed by atoms with van der Waals surface area (Å²) >= 11 is 12.0. The summed E-state index contributed by atoms with van der Waals surface area (Å²) < 4.78 is 5.88. The van der Waals surface area contributed by atoms with Gasteiger partial charge in [-0.1, -0.05) is 41.4 Å². The lowest BCUT2D eigenvalue weighted by Crippen LogP contribution is -2.22. The summed E-state index contributed by atoms with van der Waals surface area (Å²) in [5.41, 5.74) is 5.79. The second kappa shape index (κ2) is 8.96. The zero-order valence-electron chi connectivity index (χ0n) is 16.7. The molecule has 2 aromatic carbocycles. The van der Waals surface area contributed by atoms with Gasteiger partial charge >= 0.3 is 0 Å². The van der Waals surface area contributed by atoms with Crippen molar-refractivity contribution in [3.05, 3.63) is 86.8 Å². The Kier molecular flexibility index (Phi) is 6.11. The molecule has 3 aromatic rings. The summed E-state index contributed by atoms with van der Waals surface area (Å²) in [4.78, 5) is 25.1. The molecule has 0 saturated heterocycles. The fourth-order valence-electron chi connectivity index (χ4n) is 3.53. The molecule has 6 nitrogen and oxygen atoms in total. The van der Waals surface area contributed by atoms with E-state index in [1.807, 2.05) is 13.0 Å². The van der Waals surface area contributed by atoms with Crippen molar-refractivity contribution in [3.8, 4) is 0 Å². The van der Waals surface area contributed by atoms with E-state index in [-0.39, 0.29) is 11.7 Å². The maximum Gasteiger partial charge on any atom is 0.291 e. The van der Waals surface area contributed by atoms with Crippen LogP contribution in [-0.4, -0.2) is 17.5 Å². The maximum absolute atomic E-state index is 12.8. The Morgan fingerprint density at radius 3 is 2.52 bits per heavy atom. The van der Waals surface area contributed by atoms with Gasteiger partial charge in [0.15, 0.2) is 5.76 Å². The normalized spacial score (nSPS) is 14.2. The Morgan fingerprint density at radius 2 is 1.77 bits per heavy atom. The van der Waals surface area contributed by atoms with E-state index in [4.69, 9.17) is 27.6 Å². The smallest absolute Gasteiger partial charge is 0.291 e. The Hall–Kier alpha value is -3.09. The number of aryl methyl sites for hydroxylation is 1. The second-order valence-electron chi connectivity index (χ2n) is 7.16. The number of carbonyl (C=O) groups is 2. The van der Waals surface area contributed by atoms with Crippen molar-refractivity contribution in [2.45, 2.75) is 26.2 Å². The standard InChI is InChI=1S/C23H19Cl2N3O3/c1-13-20-18(27-28-22(29)14-6-3-2-4-7-14)8-5-9-19(20)31-21(13)23(30)26-15-10-11-16(24)17(25)12-15/h2-4,6-7,10-12H,5,8-9H2,1H3,(H,26,30)(H,28,29)/b27-18+. The average Bonchev–Trinajstić information content (AvgIpc) is 3.12. The third-order valence-electron chi connectivity index (χ3n) is 5.04. The van der Waals surface area contributed by atoms with E-state index < -0.39 is 5.91 Å². The molecule has 0 unspecified atom stereocenters. The zero-order valence-corrected chi connectivity index (χ0v) is 18.2. The molecule has 0 aliphatic heterocycles. The van der Waals surface area contributed by atoms with Gasteiger partial charge < -0.3 is 9.73 Å². The molecule has 0 atom stereocenters. The van der Waals surface area contributed by atoms with E-state index in [9.17, 15) is 9.59 Å². The molecular weight excluding hydrogens is 437 g/mol. The number of furan rings is 1. The van der Waals surface area contributed by atoms with Crippen molar-refractivity contribution in [1.29, 1.82) is 0 Å². The molecule has 31 heavy (non-hydrogen) atoms. The molecule has 0 bridgehead atoms. The van der Waals surface area contributed by atoms with Crippen LogP contribution >= 0.6 is 23.2 Å². The first kappa shape index (κ1) is 21.2. The van der Waals surface area contributed by atoms with Crippen LogP contribution in [0.25, 0.3) is 0 Å². The summed E-state index contributed by atoms with van der Waals surface area (Å²) in [5.74, 6) is 0.215. The lowest BCUT2D eigenvalue weighted by atomic mass is 9.93. The lowest BCUT2D eigenvalue weighted by molar-refractivity contribution is 0.0953. The number of benzene rings is 2. The number of hydrogen-bond donors (Lipinski definition) is 2. The number of nitrogens with one attached hydrogen (secondary N) is 2. The number of anilines is 1. The molecule has 0 radical (unpaired) electrons. The summed E-state index contributed by atoms with van der Waals surface area (Å²) in [7, 11) is 0. The molecule has 2 amide bonds. The highest BCUT2D eigenvalue weighted by Crippen LogP contribution is 2.31. The zero-order chi connectivity index (χ0) is 22.0. The molecule has 1 aliphatic rings. The van der Waals surface area contributed by atoms with Crippen molar-refractivity contribution in [2.75, 3.05) is 5.32 Å². The van der Waals surface area contributed by atoms with Gasteiger partial charge in [0.25, 0.3) is 11.8 Å². The molecule has 1 aliphatic carbocycles. The first-order chi connectivity index (χ1) is 14.9. The van der Waals surface area contributed by atoms with Crippen LogP contribution < -0.4 is 10.7 Å². The predicted molar refractivity (Wildman–Crippen MR) is 121 cm³/mol. The predicted octanol–water partition coefficient (Wildman–Crippen LogP) is 5.62. The van der Waals surface area contributed by atoms with E-state index in [1.165, 1.54) is 0 Å². The third kappa shape index (κ3) is 4.50. The molecule has 4 rings (SSSR count). The van der Waals surface area contributed by atoms with Crippen molar-refractivity contribution >= 4 is 46.4 Å². The Labute approximate surface area is 189 Å². The van der Waals surface area contributed by atoms with Gasteiger partial charge in [0.05, 0.1) is 15.8 Å². The maximum atomic E-state index is 12.8. The van der Waals surface area contributed by atoms with Crippen molar-refractivity contribution in [1.82, 2.24) is 5.43 Å². The van der Waals surface area contributed by atoms with Gasteiger partial charge in [-0.3, -0.25) is 9.59 Å². The van der Waals surface area contributed by atoms with E-state index in [0.717, 1.165) is 12.0 Å². The van der Waals surface area contributed by atoms with E-state index in [0.29, 0.717) is 51.2 Å². The van der Waals surface area contributed by atoms with Gasteiger partial charge in [0.2, 0.25) is 0 Å². The van der Waals surface area contributed by atoms with Crippen LogP contribution in [0.2, 0.25) is 10.0 Å². The van der Waals surface area contributed by atoms with Crippen molar-refractivity contribution in [2.24, 2.45) is 5.10 Å². The second-order valence-corrected chi connectivity index (χ2v) is 7.97. The highest BCUT2D eigenvalue weighted by atomic mass is 35.5. The minimum absolute atomic E-state index is 0.208. The number of rotatable bonds is 4. The lowest BCUT2D eigenvalue weighted by Gasteiger charge is -2.13. The quantitative estimate of drug-likeness (QED) is 0.500. The minimum atomic E-state index is -0.391. The number of fused-ring (bicyclic) bond motifs is 1. The number of amides is 2. The van der Waals surface area contributed by atoms with Gasteiger partial charge in [0.1, 0.15) is 5.76 Å². The summed E-state index contributed by atoms with van der Waals surface area (Å²) in [5, 5.41) is 7.86. The summed E-state index contributed by atoms with van der Waals surface area (Å²) in [6, 6.07) is 13.7. The molecule has 0 saturated carbocycles. The molecule has 1 aromatic heterocycles.